The third kappa shape index (κ3) is 10.1. The molecule has 2 rings (SSSR count). The molecule has 0 radical (unpaired) electrons. The van der Waals surface area contributed by atoms with E-state index in [4.69, 9.17) is 0 Å². The largest absolute Gasteiger partial charge is 0.333 e. The first kappa shape index (κ1) is 27.1. The molecule has 0 fully saturated rings. The van der Waals surface area contributed by atoms with Gasteiger partial charge in [0.15, 0.2) is 0 Å². The van der Waals surface area contributed by atoms with Gasteiger partial charge in [-0.2, -0.15) is 0 Å². The van der Waals surface area contributed by atoms with Crippen molar-refractivity contribution >= 4 is 23.2 Å². The number of carbonyl (C=O) groups excluding carboxylic acids is 2. The number of hydrogen-bond acceptors (Lipinski definition) is 3. The molecule has 1 heterocycles. The number of hydrogen-bond donors (Lipinski definition) is 0. The lowest BCUT2D eigenvalue weighted by atomic mass is 9.84. The summed E-state index contributed by atoms with van der Waals surface area (Å²) in [4.78, 5) is 32.8. The Bertz CT molecular complexity index is 870. The van der Waals surface area contributed by atoms with Crippen molar-refractivity contribution in [3.05, 3.63) is 57.8 Å². The number of benzene rings is 1. The Labute approximate surface area is 205 Å². The molecule has 182 valence electrons. The van der Waals surface area contributed by atoms with Gasteiger partial charge in [0.25, 0.3) is 0 Å². The van der Waals surface area contributed by atoms with E-state index in [9.17, 15) is 9.59 Å². The van der Waals surface area contributed by atoms with E-state index >= 15 is 0 Å². The van der Waals surface area contributed by atoms with Crippen LogP contribution >= 0.6 is 11.3 Å². The van der Waals surface area contributed by atoms with E-state index < -0.39 is 0 Å². The summed E-state index contributed by atoms with van der Waals surface area (Å²) in [7, 11) is 0. The molecule has 1 atom stereocenters. The van der Waals surface area contributed by atoms with Crippen LogP contribution in [0, 0.1) is 18.3 Å². The second-order valence-electron chi connectivity index (χ2n) is 10.5. The quantitative estimate of drug-likeness (QED) is 0.347. The number of thiophene rings is 1. The highest BCUT2D eigenvalue weighted by atomic mass is 32.1. The molecule has 0 N–H and O–H groups in total. The summed E-state index contributed by atoms with van der Waals surface area (Å²) in [5, 5.41) is 0. The van der Waals surface area contributed by atoms with E-state index in [2.05, 4.69) is 53.7 Å². The van der Waals surface area contributed by atoms with E-state index in [-0.39, 0.29) is 23.8 Å². The molecule has 0 aliphatic rings. The Balaban J connectivity index is 2.13. The molecule has 0 aliphatic carbocycles. The summed E-state index contributed by atoms with van der Waals surface area (Å²) < 4.78 is 0. The van der Waals surface area contributed by atoms with Gasteiger partial charge in [-0.25, -0.2) is 0 Å². The highest BCUT2D eigenvalue weighted by Crippen LogP contribution is 2.26. The molecule has 1 aromatic heterocycles. The molecule has 0 saturated heterocycles. The highest BCUT2D eigenvalue weighted by Gasteiger charge is 2.24. The zero-order chi connectivity index (χ0) is 24.4. The normalized spacial score (nSPS) is 12.4. The van der Waals surface area contributed by atoms with Crippen molar-refractivity contribution in [3.63, 3.8) is 0 Å². The predicted molar refractivity (Wildman–Crippen MR) is 139 cm³/mol. The standard InChI is InChI=1S/C28H42N2O2S/c1-7-8-16-29(26(31)17-22(2)18-28(4,5)6)21-27(32)30(19-24-12-10-9-11-13-24)20-25-15-14-23(3)33-25/h9-15,22H,7-8,16-21H2,1-6H3. The summed E-state index contributed by atoms with van der Waals surface area (Å²) in [5.74, 6) is 0.407. The molecule has 5 heteroatoms. The maximum absolute atomic E-state index is 13.5. The minimum absolute atomic E-state index is 0.0119. The Morgan fingerprint density at radius 1 is 0.970 bits per heavy atom. The number of rotatable bonds is 12. The van der Waals surface area contributed by atoms with Gasteiger partial charge in [0.1, 0.15) is 0 Å². The van der Waals surface area contributed by atoms with Gasteiger partial charge < -0.3 is 9.80 Å². The molecule has 0 spiro atoms. The van der Waals surface area contributed by atoms with E-state index in [1.807, 2.05) is 35.2 Å². The first-order chi connectivity index (χ1) is 15.6. The predicted octanol–water partition coefficient (Wildman–Crippen LogP) is 6.68. The molecule has 0 saturated carbocycles. The SMILES string of the molecule is CCCCN(CC(=O)N(Cc1ccccc1)Cc1ccc(C)s1)C(=O)CC(C)CC(C)(C)C. The number of amides is 2. The van der Waals surface area contributed by atoms with Gasteiger partial charge in [0, 0.05) is 29.3 Å². The number of nitrogens with zero attached hydrogens (tertiary/aromatic N) is 2. The zero-order valence-electron chi connectivity index (χ0n) is 21.4. The summed E-state index contributed by atoms with van der Waals surface area (Å²) >= 11 is 1.72. The van der Waals surface area contributed by atoms with E-state index in [1.54, 1.807) is 16.2 Å². The fourth-order valence-corrected chi connectivity index (χ4v) is 5.15. The van der Waals surface area contributed by atoms with Crippen molar-refractivity contribution in [1.29, 1.82) is 0 Å². The molecule has 0 bridgehead atoms. The van der Waals surface area contributed by atoms with Crippen LogP contribution in [0.2, 0.25) is 0 Å². The van der Waals surface area contributed by atoms with Crippen LogP contribution in [0.1, 0.15) is 75.6 Å². The summed E-state index contributed by atoms with van der Waals surface area (Å²) in [5.41, 5.74) is 1.29. The Hall–Kier alpha value is -2.14. The highest BCUT2D eigenvalue weighted by molar-refractivity contribution is 7.11. The van der Waals surface area contributed by atoms with Gasteiger partial charge in [0.05, 0.1) is 13.1 Å². The van der Waals surface area contributed by atoms with Crippen molar-refractivity contribution in [2.75, 3.05) is 13.1 Å². The fourth-order valence-electron chi connectivity index (χ4n) is 4.24. The molecule has 1 aromatic carbocycles. The van der Waals surface area contributed by atoms with Crippen molar-refractivity contribution < 1.29 is 9.59 Å². The average Bonchev–Trinajstić information content (AvgIpc) is 3.14. The van der Waals surface area contributed by atoms with Crippen LogP contribution in [0.3, 0.4) is 0 Å². The Morgan fingerprint density at radius 2 is 1.67 bits per heavy atom. The maximum atomic E-state index is 13.5. The van der Waals surface area contributed by atoms with Crippen LogP contribution < -0.4 is 0 Å². The van der Waals surface area contributed by atoms with Crippen molar-refractivity contribution in [3.8, 4) is 0 Å². The number of unbranched alkanes of at least 4 members (excludes halogenated alkanes) is 1. The molecule has 1 unspecified atom stereocenters. The molecule has 0 aliphatic heterocycles. The molecule has 2 aromatic rings. The van der Waals surface area contributed by atoms with Crippen LogP contribution in [-0.4, -0.2) is 34.7 Å². The lowest BCUT2D eigenvalue weighted by Gasteiger charge is -2.29. The molecular weight excluding hydrogens is 428 g/mol. The van der Waals surface area contributed by atoms with Gasteiger partial charge in [-0.15, -0.1) is 11.3 Å². The van der Waals surface area contributed by atoms with Crippen molar-refractivity contribution in [2.45, 2.75) is 80.3 Å². The molecule has 33 heavy (non-hydrogen) atoms. The lowest BCUT2D eigenvalue weighted by Crippen LogP contribution is -2.43. The lowest BCUT2D eigenvalue weighted by molar-refractivity contribution is -0.141. The van der Waals surface area contributed by atoms with Crippen LogP contribution in [0.25, 0.3) is 0 Å². The minimum Gasteiger partial charge on any atom is -0.333 e. The Morgan fingerprint density at radius 3 is 2.24 bits per heavy atom. The summed E-state index contributed by atoms with van der Waals surface area (Å²) in [6.07, 6.45) is 3.40. The van der Waals surface area contributed by atoms with Gasteiger partial charge in [0.2, 0.25) is 11.8 Å². The van der Waals surface area contributed by atoms with Crippen LogP contribution in [0.15, 0.2) is 42.5 Å². The van der Waals surface area contributed by atoms with E-state index in [0.29, 0.717) is 32.0 Å². The minimum atomic E-state index is 0.0119. The number of aryl methyl sites for hydroxylation is 1. The third-order valence-corrected chi connectivity index (χ3v) is 6.64. The smallest absolute Gasteiger partial charge is 0.242 e. The van der Waals surface area contributed by atoms with Gasteiger partial charge >= 0.3 is 0 Å². The monoisotopic (exact) mass is 470 g/mol. The van der Waals surface area contributed by atoms with E-state index in [0.717, 1.165) is 24.8 Å². The van der Waals surface area contributed by atoms with Gasteiger partial charge in [-0.3, -0.25) is 9.59 Å². The second-order valence-corrected chi connectivity index (χ2v) is 11.9. The van der Waals surface area contributed by atoms with Gasteiger partial charge in [-0.1, -0.05) is 71.4 Å². The van der Waals surface area contributed by atoms with Gasteiger partial charge in [-0.05, 0) is 48.8 Å². The molecular formula is C28H42N2O2S. The van der Waals surface area contributed by atoms with E-state index in [1.165, 1.54) is 9.75 Å². The van der Waals surface area contributed by atoms with Crippen LogP contribution in [-0.2, 0) is 22.7 Å². The van der Waals surface area contributed by atoms with Crippen molar-refractivity contribution in [1.82, 2.24) is 9.80 Å². The number of carbonyl (C=O) groups is 2. The zero-order valence-corrected chi connectivity index (χ0v) is 22.2. The van der Waals surface area contributed by atoms with Crippen LogP contribution in [0.4, 0.5) is 0 Å². The maximum Gasteiger partial charge on any atom is 0.242 e. The van der Waals surface area contributed by atoms with Crippen LogP contribution in [0.5, 0.6) is 0 Å². The first-order valence-electron chi connectivity index (χ1n) is 12.2. The second kappa shape index (κ2) is 12.9. The summed E-state index contributed by atoms with van der Waals surface area (Å²) in [6, 6.07) is 14.3. The third-order valence-electron chi connectivity index (χ3n) is 5.66. The fraction of sp³-hybridized carbons (Fsp3) is 0.571. The molecule has 4 nitrogen and oxygen atoms in total. The molecule has 2 amide bonds. The average molecular weight is 471 g/mol. The Kier molecular flexibility index (Phi) is 10.6. The van der Waals surface area contributed by atoms with Crippen molar-refractivity contribution in [2.24, 2.45) is 11.3 Å². The summed E-state index contributed by atoms with van der Waals surface area (Å²) in [6.45, 7) is 14.9. The first-order valence-corrected chi connectivity index (χ1v) is 13.0. The topological polar surface area (TPSA) is 40.6 Å².